The molecule has 29 heavy (non-hydrogen) atoms. The lowest BCUT2D eigenvalue weighted by atomic mass is 10.1. The molecule has 1 aromatic carbocycles. The Labute approximate surface area is 169 Å². The number of amides is 1. The third-order valence-electron chi connectivity index (χ3n) is 5.58. The number of anilines is 3. The standard InChI is InChI=1S/C22H22N6O/c29-21(28-9-6-17-4-1-2-5-20(17)28)18-14-19(16-23-15-18)26-10-12-27(13-11-26)22-24-7-3-8-25-22/h1-5,7-8,14-16H,6,9-13H2. The molecule has 1 fully saturated rings. The molecule has 2 aliphatic rings. The largest absolute Gasteiger partial charge is 0.367 e. The summed E-state index contributed by atoms with van der Waals surface area (Å²) in [6, 6.07) is 11.9. The molecule has 2 aromatic heterocycles. The molecule has 0 radical (unpaired) electrons. The maximum absolute atomic E-state index is 13.1. The first-order chi connectivity index (χ1) is 14.3. The number of fused-ring (bicyclic) bond motifs is 1. The van der Waals surface area contributed by atoms with Crippen LogP contribution in [0.4, 0.5) is 17.3 Å². The summed E-state index contributed by atoms with van der Waals surface area (Å²) in [6.07, 6.45) is 7.94. The molecule has 0 saturated carbocycles. The van der Waals surface area contributed by atoms with Crippen LogP contribution in [0, 0.1) is 0 Å². The summed E-state index contributed by atoms with van der Waals surface area (Å²) in [5.41, 5.74) is 3.86. The van der Waals surface area contributed by atoms with E-state index in [1.165, 1.54) is 5.56 Å². The summed E-state index contributed by atoms with van der Waals surface area (Å²) in [5, 5.41) is 0. The first-order valence-electron chi connectivity index (χ1n) is 9.91. The predicted molar refractivity (Wildman–Crippen MR) is 113 cm³/mol. The van der Waals surface area contributed by atoms with E-state index in [-0.39, 0.29) is 5.91 Å². The van der Waals surface area contributed by atoms with Gasteiger partial charge >= 0.3 is 0 Å². The minimum Gasteiger partial charge on any atom is -0.367 e. The number of aromatic nitrogens is 3. The van der Waals surface area contributed by atoms with E-state index in [0.717, 1.165) is 56.5 Å². The monoisotopic (exact) mass is 386 g/mol. The van der Waals surface area contributed by atoms with Crippen LogP contribution >= 0.6 is 0 Å². The number of rotatable bonds is 3. The van der Waals surface area contributed by atoms with Crippen LogP contribution in [0.1, 0.15) is 15.9 Å². The van der Waals surface area contributed by atoms with Crippen molar-refractivity contribution in [2.45, 2.75) is 6.42 Å². The van der Waals surface area contributed by atoms with E-state index in [0.29, 0.717) is 5.56 Å². The van der Waals surface area contributed by atoms with Gasteiger partial charge in [-0.1, -0.05) is 18.2 Å². The number of benzene rings is 1. The molecule has 7 heteroatoms. The SMILES string of the molecule is O=C(c1cncc(N2CCN(c3ncccn3)CC2)c1)N1CCc2ccccc21. The zero-order valence-corrected chi connectivity index (χ0v) is 16.1. The molecular weight excluding hydrogens is 364 g/mol. The molecule has 0 atom stereocenters. The zero-order valence-electron chi connectivity index (χ0n) is 16.1. The quantitative estimate of drug-likeness (QED) is 0.689. The lowest BCUT2D eigenvalue weighted by Gasteiger charge is -2.36. The van der Waals surface area contributed by atoms with Gasteiger partial charge in [0.05, 0.1) is 17.4 Å². The van der Waals surface area contributed by atoms with Crippen LogP contribution in [-0.2, 0) is 6.42 Å². The zero-order chi connectivity index (χ0) is 19.6. The Balaban J connectivity index is 1.30. The van der Waals surface area contributed by atoms with Gasteiger partial charge in [-0.15, -0.1) is 0 Å². The van der Waals surface area contributed by atoms with Crippen molar-refractivity contribution in [3.8, 4) is 0 Å². The maximum atomic E-state index is 13.1. The second-order valence-corrected chi connectivity index (χ2v) is 7.29. The van der Waals surface area contributed by atoms with Crippen LogP contribution in [0.5, 0.6) is 0 Å². The van der Waals surface area contributed by atoms with Crippen LogP contribution in [0.15, 0.2) is 61.2 Å². The average Bonchev–Trinajstić information content (AvgIpc) is 3.24. The van der Waals surface area contributed by atoms with Crippen molar-refractivity contribution < 1.29 is 4.79 Å². The highest BCUT2D eigenvalue weighted by Crippen LogP contribution is 2.29. The van der Waals surface area contributed by atoms with Crippen molar-refractivity contribution in [1.29, 1.82) is 0 Å². The minimum atomic E-state index is 0.0145. The molecule has 4 heterocycles. The van der Waals surface area contributed by atoms with Crippen molar-refractivity contribution in [2.75, 3.05) is 47.4 Å². The molecule has 5 rings (SSSR count). The van der Waals surface area contributed by atoms with Crippen molar-refractivity contribution in [2.24, 2.45) is 0 Å². The van der Waals surface area contributed by atoms with E-state index in [1.54, 1.807) is 18.6 Å². The summed E-state index contributed by atoms with van der Waals surface area (Å²) >= 11 is 0. The molecule has 0 N–H and O–H groups in total. The summed E-state index contributed by atoms with van der Waals surface area (Å²) in [6.45, 7) is 4.07. The fourth-order valence-electron chi connectivity index (χ4n) is 4.04. The van der Waals surface area contributed by atoms with Crippen molar-refractivity contribution in [1.82, 2.24) is 15.0 Å². The van der Waals surface area contributed by atoms with Gasteiger partial charge in [-0.3, -0.25) is 9.78 Å². The van der Waals surface area contributed by atoms with Gasteiger partial charge in [-0.2, -0.15) is 0 Å². The Bertz CT molecular complexity index is 1020. The lowest BCUT2D eigenvalue weighted by Crippen LogP contribution is -2.47. The molecule has 3 aromatic rings. The molecule has 0 aliphatic carbocycles. The molecule has 1 amide bonds. The first kappa shape index (κ1) is 17.6. The van der Waals surface area contributed by atoms with Gasteiger partial charge < -0.3 is 14.7 Å². The average molecular weight is 386 g/mol. The number of para-hydroxylation sites is 1. The fourth-order valence-corrected chi connectivity index (χ4v) is 4.04. The second-order valence-electron chi connectivity index (χ2n) is 7.29. The summed E-state index contributed by atoms with van der Waals surface area (Å²) in [5.74, 6) is 0.780. The fraction of sp³-hybridized carbons (Fsp3) is 0.273. The molecule has 0 unspecified atom stereocenters. The van der Waals surface area contributed by atoms with E-state index in [4.69, 9.17) is 0 Å². The smallest absolute Gasteiger partial charge is 0.259 e. The van der Waals surface area contributed by atoms with Crippen LogP contribution in [-0.4, -0.2) is 53.6 Å². The Morgan fingerprint density at radius 2 is 1.62 bits per heavy atom. The van der Waals surface area contributed by atoms with Crippen LogP contribution < -0.4 is 14.7 Å². The highest BCUT2D eigenvalue weighted by molar-refractivity contribution is 6.07. The van der Waals surface area contributed by atoms with Gasteiger partial charge in [0, 0.05) is 57.0 Å². The topological polar surface area (TPSA) is 65.5 Å². The Kier molecular flexibility index (Phi) is 4.56. The summed E-state index contributed by atoms with van der Waals surface area (Å²) in [7, 11) is 0. The number of piperazine rings is 1. The number of pyridine rings is 1. The van der Waals surface area contributed by atoms with Crippen molar-refractivity contribution in [3.05, 3.63) is 72.3 Å². The molecule has 7 nitrogen and oxygen atoms in total. The lowest BCUT2D eigenvalue weighted by molar-refractivity contribution is 0.0989. The molecule has 146 valence electrons. The van der Waals surface area contributed by atoms with Gasteiger partial charge in [0.15, 0.2) is 0 Å². The predicted octanol–water partition coefficient (Wildman–Crippen LogP) is 2.40. The normalized spacial score (nSPS) is 16.1. The minimum absolute atomic E-state index is 0.0145. The molecule has 1 saturated heterocycles. The number of hydrogen-bond acceptors (Lipinski definition) is 6. The molecule has 2 aliphatic heterocycles. The molecule has 0 bridgehead atoms. The van der Waals surface area contributed by atoms with Gasteiger partial charge in [0.1, 0.15) is 0 Å². The maximum Gasteiger partial charge on any atom is 0.259 e. The number of carbonyl (C=O) groups excluding carboxylic acids is 1. The number of carbonyl (C=O) groups is 1. The Morgan fingerprint density at radius 1 is 0.862 bits per heavy atom. The van der Waals surface area contributed by atoms with Crippen LogP contribution in [0.2, 0.25) is 0 Å². The Morgan fingerprint density at radius 3 is 2.45 bits per heavy atom. The summed E-state index contributed by atoms with van der Waals surface area (Å²) < 4.78 is 0. The molecular formula is C22H22N6O. The third kappa shape index (κ3) is 3.40. The van der Waals surface area contributed by atoms with Gasteiger partial charge in [0.2, 0.25) is 5.95 Å². The highest BCUT2D eigenvalue weighted by atomic mass is 16.2. The second kappa shape index (κ2) is 7.50. The summed E-state index contributed by atoms with van der Waals surface area (Å²) in [4.78, 5) is 32.5. The number of nitrogens with zero attached hydrogens (tertiary/aromatic N) is 6. The van der Waals surface area contributed by atoms with Crippen molar-refractivity contribution >= 4 is 23.2 Å². The van der Waals surface area contributed by atoms with Crippen molar-refractivity contribution in [3.63, 3.8) is 0 Å². The first-order valence-corrected chi connectivity index (χ1v) is 9.91. The van der Waals surface area contributed by atoms with E-state index < -0.39 is 0 Å². The third-order valence-corrected chi connectivity index (χ3v) is 5.58. The van der Waals surface area contributed by atoms with Crippen LogP contribution in [0.3, 0.4) is 0 Å². The highest BCUT2D eigenvalue weighted by Gasteiger charge is 2.26. The molecule has 0 spiro atoms. The van der Waals surface area contributed by atoms with Crippen LogP contribution in [0.25, 0.3) is 0 Å². The number of hydrogen-bond donors (Lipinski definition) is 0. The van der Waals surface area contributed by atoms with E-state index in [1.807, 2.05) is 41.4 Å². The van der Waals surface area contributed by atoms with E-state index in [2.05, 4.69) is 30.8 Å². The van der Waals surface area contributed by atoms with Gasteiger partial charge in [0.25, 0.3) is 5.91 Å². The van der Waals surface area contributed by atoms with Gasteiger partial charge in [-0.25, -0.2) is 9.97 Å². The van der Waals surface area contributed by atoms with E-state index >= 15 is 0 Å². The van der Waals surface area contributed by atoms with Gasteiger partial charge in [-0.05, 0) is 30.2 Å². The Hall–Kier alpha value is -3.48. The van der Waals surface area contributed by atoms with E-state index in [9.17, 15) is 4.79 Å².